The molecule has 0 heterocycles. The molecular formula is C32H29NO2. The van der Waals surface area contributed by atoms with Gasteiger partial charge in [0.1, 0.15) is 0 Å². The first kappa shape index (κ1) is 24.0. The third kappa shape index (κ3) is 6.68. The first-order chi connectivity index (χ1) is 17.1. The third-order valence-corrected chi connectivity index (χ3v) is 6.49. The van der Waals surface area contributed by atoms with Gasteiger partial charge in [-0.1, -0.05) is 91.0 Å². The molecule has 174 valence electrons. The molecule has 0 radical (unpaired) electrons. The minimum Gasteiger partial charge on any atom is -0.481 e. The van der Waals surface area contributed by atoms with Gasteiger partial charge in [0.25, 0.3) is 0 Å². The summed E-state index contributed by atoms with van der Waals surface area (Å²) in [6.45, 7) is 0. The number of rotatable bonds is 10. The number of nitrogens with zero attached hydrogens (tertiary/aromatic N) is 1. The van der Waals surface area contributed by atoms with Crippen LogP contribution >= 0.6 is 0 Å². The quantitative estimate of drug-likeness (QED) is 0.266. The summed E-state index contributed by atoms with van der Waals surface area (Å²) in [7, 11) is 0. The van der Waals surface area contributed by atoms with E-state index in [0.29, 0.717) is 18.4 Å². The second kappa shape index (κ2) is 11.8. The van der Waals surface area contributed by atoms with E-state index in [-0.39, 0.29) is 5.92 Å². The van der Waals surface area contributed by atoms with Crippen LogP contribution in [0.5, 0.6) is 0 Å². The van der Waals surface area contributed by atoms with E-state index in [9.17, 15) is 9.90 Å². The fourth-order valence-electron chi connectivity index (χ4n) is 4.41. The van der Waals surface area contributed by atoms with Gasteiger partial charge in [0.2, 0.25) is 0 Å². The summed E-state index contributed by atoms with van der Waals surface area (Å²) >= 11 is 0. The van der Waals surface area contributed by atoms with E-state index >= 15 is 0 Å². The van der Waals surface area contributed by atoms with Crippen LogP contribution in [0.25, 0.3) is 22.3 Å². The molecule has 0 bridgehead atoms. The second-order valence-electron chi connectivity index (χ2n) is 8.92. The first-order valence-corrected chi connectivity index (χ1v) is 12.1. The summed E-state index contributed by atoms with van der Waals surface area (Å²) in [5.74, 6) is -1.06. The number of carboxylic acid groups (broad SMARTS) is 1. The van der Waals surface area contributed by atoms with Crippen molar-refractivity contribution in [2.24, 2.45) is 5.92 Å². The van der Waals surface area contributed by atoms with E-state index < -0.39 is 5.97 Å². The Balaban J connectivity index is 1.28. The Kier molecular flexibility index (Phi) is 8.09. The normalized spacial score (nSPS) is 11.5. The van der Waals surface area contributed by atoms with Gasteiger partial charge in [0.05, 0.1) is 17.6 Å². The average Bonchev–Trinajstić information content (AvgIpc) is 2.91. The maximum atomic E-state index is 11.8. The molecule has 4 aromatic carbocycles. The van der Waals surface area contributed by atoms with E-state index in [4.69, 9.17) is 5.26 Å². The summed E-state index contributed by atoms with van der Waals surface area (Å²) in [4.78, 5) is 11.8. The van der Waals surface area contributed by atoms with Gasteiger partial charge < -0.3 is 5.11 Å². The van der Waals surface area contributed by atoms with Crippen LogP contribution in [0, 0.1) is 17.2 Å². The van der Waals surface area contributed by atoms with Crippen LogP contribution in [0.4, 0.5) is 0 Å². The fourth-order valence-corrected chi connectivity index (χ4v) is 4.41. The van der Waals surface area contributed by atoms with Gasteiger partial charge in [-0.15, -0.1) is 0 Å². The average molecular weight is 460 g/mol. The molecule has 1 atom stereocenters. The Hall–Kier alpha value is -4.16. The molecular weight excluding hydrogens is 430 g/mol. The molecule has 0 aliphatic heterocycles. The fraction of sp³-hybridized carbons (Fsp3) is 0.188. The highest BCUT2D eigenvalue weighted by atomic mass is 16.4. The summed E-state index contributed by atoms with van der Waals surface area (Å²) in [5.41, 5.74) is 7.48. The smallest absolute Gasteiger partial charge is 0.306 e. The highest BCUT2D eigenvalue weighted by molar-refractivity contribution is 5.70. The number of hydrogen-bond acceptors (Lipinski definition) is 2. The molecule has 4 aromatic rings. The Bertz CT molecular complexity index is 1290. The third-order valence-electron chi connectivity index (χ3n) is 6.49. The van der Waals surface area contributed by atoms with Crippen LogP contribution in [0.2, 0.25) is 0 Å². The number of aliphatic carboxylic acids is 1. The molecule has 0 aromatic heterocycles. The highest BCUT2D eigenvalue weighted by Gasteiger charge is 2.17. The van der Waals surface area contributed by atoms with Crippen LogP contribution in [0.15, 0.2) is 103 Å². The second-order valence-corrected chi connectivity index (χ2v) is 8.92. The van der Waals surface area contributed by atoms with E-state index in [1.165, 1.54) is 16.7 Å². The van der Waals surface area contributed by atoms with Gasteiger partial charge in [-0.3, -0.25) is 4.79 Å². The van der Waals surface area contributed by atoms with Crippen molar-refractivity contribution in [2.75, 3.05) is 0 Å². The Morgan fingerprint density at radius 2 is 1.26 bits per heavy atom. The monoisotopic (exact) mass is 459 g/mol. The summed E-state index contributed by atoms with van der Waals surface area (Å²) in [6.07, 6.45) is 3.78. The van der Waals surface area contributed by atoms with Crippen molar-refractivity contribution >= 4 is 5.97 Å². The topological polar surface area (TPSA) is 61.1 Å². The van der Waals surface area contributed by atoms with Crippen LogP contribution < -0.4 is 0 Å². The van der Waals surface area contributed by atoms with E-state index in [2.05, 4.69) is 54.6 Å². The summed E-state index contributed by atoms with van der Waals surface area (Å²) < 4.78 is 0. The van der Waals surface area contributed by atoms with Crippen molar-refractivity contribution in [1.82, 2.24) is 0 Å². The zero-order valence-corrected chi connectivity index (χ0v) is 19.7. The summed E-state index contributed by atoms with van der Waals surface area (Å²) in [5, 5.41) is 18.8. The lowest BCUT2D eigenvalue weighted by atomic mass is 9.92. The number of carboxylic acids is 1. The predicted octanol–water partition coefficient (Wildman–Crippen LogP) is 7.55. The molecule has 0 spiro atoms. The molecule has 1 N–H and O–H groups in total. The van der Waals surface area contributed by atoms with Crippen LogP contribution in [-0.4, -0.2) is 11.1 Å². The number of carbonyl (C=O) groups is 1. The maximum Gasteiger partial charge on any atom is 0.306 e. The standard InChI is InChI=1S/C32H29NO2/c33-23-26-7-5-11-31(22-26)29-19-14-25(15-20-29)16-21-30(32(34)35)10-4-6-24-12-17-28(18-13-24)27-8-2-1-3-9-27/h1-3,5,7-9,11-15,17-20,22,30H,4,6,10,16,21H2,(H,34,35). The zero-order valence-electron chi connectivity index (χ0n) is 19.7. The number of benzene rings is 4. The highest BCUT2D eigenvalue weighted by Crippen LogP contribution is 2.24. The molecule has 0 fully saturated rings. The van der Waals surface area contributed by atoms with Crippen LogP contribution in [0.1, 0.15) is 36.0 Å². The number of hydrogen-bond donors (Lipinski definition) is 1. The Labute approximate surface area is 207 Å². The molecule has 3 heteroatoms. The van der Waals surface area contributed by atoms with Gasteiger partial charge in [-0.05, 0) is 77.6 Å². The number of nitriles is 1. The molecule has 0 saturated carbocycles. The first-order valence-electron chi connectivity index (χ1n) is 12.1. The van der Waals surface area contributed by atoms with E-state index in [1.807, 2.05) is 48.5 Å². The molecule has 3 nitrogen and oxygen atoms in total. The molecule has 35 heavy (non-hydrogen) atoms. The molecule has 0 aliphatic rings. The lowest BCUT2D eigenvalue weighted by Crippen LogP contribution is -2.15. The van der Waals surface area contributed by atoms with Crippen LogP contribution in [-0.2, 0) is 17.6 Å². The Morgan fingerprint density at radius 3 is 1.89 bits per heavy atom. The minimum atomic E-state index is -0.714. The SMILES string of the molecule is N#Cc1cccc(-c2ccc(CCC(CCCc3ccc(-c4ccccc4)cc3)C(=O)O)cc2)c1. The van der Waals surface area contributed by atoms with Crippen molar-refractivity contribution in [1.29, 1.82) is 5.26 Å². The van der Waals surface area contributed by atoms with E-state index in [0.717, 1.165) is 36.0 Å². The molecule has 0 amide bonds. The maximum absolute atomic E-state index is 11.8. The lowest BCUT2D eigenvalue weighted by Gasteiger charge is -2.13. The van der Waals surface area contributed by atoms with Crippen molar-refractivity contribution in [3.8, 4) is 28.3 Å². The van der Waals surface area contributed by atoms with Crippen molar-refractivity contribution in [3.05, 3.63) is 120 Å². The Morgan fingerprint density at radius 1 is 0.686 bits per heavy atom. The van der Waals surface area contributed by atoms with Crippen molar-refractivity contribution in [2.45, 2.75) is 32.1 Å². The molecule has 0 aliphatic carbocycles. The zero-order chi connectivity index (χ0) is 24.5. The predicted molar refractivity (Wildman–Crippen MR) is 141 cm³/mol. The van der Waals surface area contributed by atoms with Gasteiger partial charge in [-0.2, -0.15) is 5.26 Å². The van der Waals surface area contributed by atoms with Gasteiger partial charge in [0.15, 0.2) is 0 Å². The van der Waals surface area contributed by atoms with Gasteiger partial charge in [0, 0.05) is 0 Å². The van der Waals surface area contributed by atoms with Crippen molar-refractivity contribution in [3.63, 3.8) is 0 Å². The molecule has 4 rings (SSSR count). The lowest BCUT2D eigenvalue weighted by molar-refractivity contribution is -0.142. The minimum absolute atomic E-state index is 0.342. The number of aryl methyl sites for hydroxylation is 2. The molecule has 0 saturated heterocycles. The summed E-state index contributed by atoms with van der Waals surface area (Å²) in [6, 6.07) is 36.8. The largest absolute Gasteiger partial charge is 0.481 e. The van der Waals surface area contributed by atoms with Crippen molar-refractivity contribution < 1.29 is 9.90 Å². The van der Waals surface area contributed by atoms with E-state index in [1.54, 1.807) is 6.07 Å². The van der Waals surface area contributed by atoms with Crippen LogP contribution in [0.3, 0.4) is 0 Å². The van der Waals surface area contributed by atoms with Gasteiger partial charge in [-0.25, -0.2) is 0 Å². The molecule has 1 unspecified atom stereocenters. The van der Waals surface area contributed by atoms with Gasteiger partial charge >= 0.3 is 5.97 Å².